The highest BCUT2D eigenvalue weighted by Crippen LogP contribution is 2.25. The van der Waals surface area contributed by atoms with Crippen LogP contribution in [0.5, 0.6) is 5.88 Å². The molecule has 0 unspecified atom stereocenters. The first kappa shape index (κ1) is 18.5. The van der Waals surface area contributed by atoms with Crippen molar-refractivity contribution in [3.05, 3.63) is 59.0 Å². The molecule has 1 aliphatic carbocycles. The molecule has 0 spiro atoms. The van der Waals surface area contributed by atoms with Gasteiger partial charge in [-0.2, -0.15) is 0 Å². The molecule has 1 aromatic carbocycles. The van der Waals surface area contributed by atoms with E-state index >= 15 is 0 Å². The van der Waals surface area contributed by atoms with E-state index in [0.29, 0.717) is 50.4 Å². The zero-order valence-electron chi connectivity index (χ0n) is 16.5. The van der Waals surface area contributed by atoms with E-state index in [-0.39, 0.29) is 5.91 Å². The molecule has 3 aromatic rings. The molecule has 9 heteroatoms. The Labute approximate surface area is 173 Å². The van der Waals surface area contributed by atoms with Gasteiger partial charge in [0.05, 0.1) is 18.8 Å². The molecule has 3 heterocycles. The molecule has 9 nitrogen and oxygen atoms in total. The number of amides is 1. The normalized spacial score (nSPS) is 15.1. The van der Waals surface area contributed by atoms with Crippen LogP contribution in [0.25, 0.3) is 0 Å². The van der Waals surface area contributed by atoms with Crippen LogP contribution in [0.3, 0.4) is 0 Å². The maximum atomic E-state index is 12.5. The van der Waals surface area contributed by atoms with Gasteiger partial charge in [0.1, 0.15) is 6.20 Å². The van der Waals surface area contributed by atoms with Crippen LogP contribution < -0.4 is 10.1 Å². The highest BCUT2D eigenvalue weighted by atomic mass is 16.5. The Morgan fingerprint density at radius 3 is 2.77 bits per heavy atom. The zero-order chi connectivity index (χ0) is 20.3. The molecule has 2 aliphatic rings. The van der Waals surface area contributed by atoms with Crippen LogP contribution in [-0.4, -0.2) is 48.8 Å². The molecule has 0 bridgehead atoms. The summed E-state index contributed by atoms with van der Waals surface area (Å²) in [6, 6.07) is 8.84. The number of nitrogens with zero attached hydrogens (tertiary/aromatic N) is 5. The molecular formula is C21H23N7O2. The lowest BCUT2D eigenvalue weighted by molar-refractivity contribution is -0.132. The van der Waals surface area contributed by atoms with Crippen molar-refractivity contribution in [2.45, 2.75) is 44.8 Å². The third-order valence-corrected chi connectivity index (χ3v) is 5.58. The van der Waals surface area contributed by atoms with E-state index in [9.17, 15) is 4.79 Å². The molecule has 1 aliphatic heterocycles. The van der Waals surface area contributed by atoms with Gasteiger partial charge in [-0.15, -0.1) is 5.10 Å². The van der Waals surface area contributed by atoms with E-state index in [2.05, 4.69) is 55.0 Å². The minimum Gasteiger partial charge on any atom is -0.477 e. The summed E-state index contributed by atoms with van der Waals surface area (Å²) >= 11 is 0. The lowest BCUT2D eigenvalue weighted by atomic mass is 10.1. The molecule has 0 atom stereocenters. The van der Waals surface area contributed by atoms with Gasteiger partial charge in [-0.05, 0) is 30.4 Å². The largest absolute Gasteiger partial charge is 0.477 e. The number of rotatable bonds is 7. The number of benzene rings is 1. The second kappa shape index (κ2) is 8.10. The van der Waals surface area contributed by atoms with Crippen molar-refractivity contribution in [1.29, 1.82) is 0 Å². The summed E-state index contributed by atoms with van der Waals surface area (Å²) in [6.07, 6.45) is 6.37. The second-order valence-electron chi connectivity index (χ2n) is 7.71. The number of ether oxygens (including phenoxy) is 1. The molecule has 0 radical (unpaired) electrons. The molecule has 0 fully saturated rings. The van der Waals surface area contributed by atoms with Gasteiger partial charge in [-0.3, -0.25) is 4.79 Å². The summed E-state index contributed by atoms with van der Waals surface area (Å²) in [5.74, 6) is 1.25. The second-order valence-corrected chi connectivity index (χ2v) is 7.71. The van der Waals surface area contributed by atoms with Crippen molar-refractivity contribution in [2.75, 3.05) is 11.9 Å². The molecule has 2 aromatic heterocycles. The maximum absolute atomic E-state index is 12.5. The van der Waals surface area contributed by atoms with E-state index in [1.54, 1.807) is 0 Å². The lowest BCUT2D eigenvalue weighted by Crippen LogP contribution is -2.25. The molecule has 2 N–H and O–H groups in total. The molecule has 0 saturated heterocycles. The number of carbonyl (C=O) groups excluding carboxylic acids is 1. The minimum absolute atomic E-state index is 0.0973. The Hall–Kier alpha value is -3.49. The number of aromatic amines is 1. The van der Waals surface area contributed by atoms with Crippen LogP contribution >= 0.6 is 0 Å². The fourth-order valence-electron chi connectivity index (χ4n) is 4.06. The first-order chi connectivity index (χ1) is 14.7. The van der Waals surface area contributed by atoms with Crippen molar-refractivity contribution in [3.8, 4) is 5.88 Å². The van der Waals surface area contributed by atoms with Crippen molar-refractivity contribution < 1.29 is 9.53 Å². The van der Waals surface area contributed by atoms with Gasteiger partial charge in [-0.1, -0.05) is 29.5 Å². The van der Waals surface area contributed by atoms with Gasteiger partial charge < -0.3 is 15.0 Å². The average Bonchev–Trinajstić information content (AvgIpc) is 3.49. The summed E-state index contributed by atoms with van der Waals surface area (Å²) in [7, 11) is 0. The fraction of sp³-hybridized carbons (Fsp3) is 0.381. The highest BCUT2D eigenvalue weighted by molar-refractivity contribution is 5.76. The van der Waals surface area contributed by atoms with Gasteiger partial charge in [0, 0.05) is 30.8 Å². The first-order valence-corrected chi connectivity index (χ1v) is 10.2. The molecular weight excluding hydrogens is 382 g/mol. The topological polar surface area (TPSA) is 109 Å². The van der Waals surface area contributed by atoms with Crippen LogP contribution in [0.15, 0.2) is 36.7 Å². The number of carbonyl (C=O) groups is 1. The Morgan fingerprint density at radius 1 is 1.17 bits per heavy atom. The first-order valence-electron chi connectivity index (χ1n) is 10.2. The van der Waals surface area contributed by atoms with Crippen molar-refractivity contribution >= 4 is 11.9 Å². The quantitative estimate of drug-likeness (QED) is 0.578. The standard InChI is InChI=1S/C21H23N7O2/c29-20(6-3-7-30-19-11-23-27-26-19)28-12-16-10-22-21(25-18(16)13-28)24-17-8-14-4-1-2-5-15(14)9-17/h1-2,4-5,10-11,17H,3,6-9,12-13H2,(H,22,24,25)(H,23,26,27). The smallest absolute Gasteiger partial charge is 0.229 e. The van der Waals surface area contributed by atoms with Gasteiger partial charge in [-0.25, -0.2) is 15.1 Å². The Kier molecular flexibility index (Phi) is 5.00. The number of hydrogen-bond acceptors (Lipinski definition) is 7. The molecule has 154 valence electrons. The average molecular weight is 405 g/mol. The van der Waals surface area contributed by atoms with E-state index in [1.807, 2.05) is 11.1 Å². The van der Waals surface area contributed by atoms with E-state index in [4.69, 9.17) is 4.74 Å². The summed E-state index contributed by atoms with van der Waals surface area (Å²) in [4.78, 5) is 23.5. The van der Waals surface area contributed by atoms with Gasteiger partial charge in [0.2, 0.25) is 17.7 Å². The summed E-state index contributed by atoms with van der Waals surface area (Å²) in [6.45, 7) is 1.53. The third-order valence-electron chi connectivity index (χ3n) is 5.58. The number of H-pyrrole nitrogens is 1. The van der Waals surface area contributed by atoms with Crippen molar-refractivity contribution in [2.24, 2.45) is 0 Å². The monoisotopic (exact) mass is 405 g/mol. The molecule has 1 amide bonds. The van der Waals surface area contributed by atoms with Crippen LogP contribution in [0.2, 0.25) is 0 Å². The van der Waals surface area contributed by atoms with Crippen LogP contribution in [0.4, 0.5) is 5.95 Å². The third kappa shape index (κ3) is 3.96. The van der Waals surface area contributed by atoms with Crippen molar-refractivity contribution in [1.82, 2.24) is 30.3 Å². The predicted molar refractivity (Wildman–Crippen MR) is 109 cm³/mol. The van der Waals surface area contributed by atoms with Gasteiger partial charge in [0.25, 0.3) is 0 Å². The number of anilines is 1. The highest BCUT2D eigenvalue weighted by Gasteiger charge is 2.26. The SMILES string of the molecule is O=C(CCCOc1cnn[nH]1)N1Cc2cnc(NC3Cc4ccccc4C3)nc2C1. The summed E-state index contributed by atoms with van der Waals surface area (Å²) < 4.78 is 5.44. The molecule has 0 saturated carbocycles. The Bertz CT molecular complexity index is 1010. The minimum atomic E-state index is 0.0973. The summed E-state index contributed by atoms with van der Waals surface area (Å²) in [5, 5.41) is 13.3. The molecule has 30 heavy (non-hydrogen) atoms. The van der Waals surface area contributed by atoms with Crippen LogP contribution in [0.1, 0.15) is 35.2 Å². The lowest BCUT2D eigenvalue weighted by Gasteiger charge is -2.14. The number of fused-ring (bicyclic) bond motifs is 2. The fourth-order valence-corrected chi connectivity index (χ4v) is 4.06. The van der Waals surface area contributed by atoms with E-state index in [0.717, 1.165) is 24.1 Å². The zero-order valence-corrected chi connectivity index (χ0v) is 16.5. The van der Waals surface area contributed by atoms with Crippen LogP contribution in [0, 0.1) is 0 Å². The van der Waals surface area contributed by atoms with Crippen LogP contribution in [-0.2, 0) is 30.7 Å². The summed E-state index contributed by atoms with van der Waals surface area (Å²) in [5.41, 5.74) is 4.72. The maximum Gasteiger partial charge on any atom is 0.229 e. The number of aromatic nitrogens is 5. The number of nitrogens with one attached hydrogen (secondary N) is 2. The van der Waals surface area contributed by atoms with Gasteiger partial charge >= 0.3 is 0 Å². The Morgan fingerprint density at radius 2 is 2.00 bits per heavy atom. The Balaban J connectivity index is 1.12. The molecule has 5 rings (SSSR count). The predicted octanol–water partition coefficient (Wildman–Crippen LogP) is 1.88. The van der Waals surface area contributed by atoms with Crippen molar-refractivity contribution in [3.63, 3.8) is 0 Å². The number of hydrogen-bond donors (Lipinski definition) is 2. The van der Waals surface area contributed by atoms with Gasteiger partial charge in [0.15, 0.2) is 0 Å². The van der Waals surface area contributed by atoms with E-state index in [1.165, 1.54) is 17.3 Å². The van der Waals surface area contributed by atoms with E-state index < -0.39 is 0 Å².